The number of nitrogens with zero attached hydrogens (tertiary/aromatic N) is 4. The standard InChI is InChI=1S/C22H23BrN4O/c1-3-21-25-19-8-7-17(23)13-18(19)22(28)27(21)24-14-16-6-9-20(15(2)12-16)26-10-4-5-11-26/h6-9,12-14H,3-5,10-11H2,1-2H3. The van der Waals surface area contributed by atoms with Crippen LogP contribution in [0.15, 0.2) is 50.8 Å². The minimum absolute atomic E-state index is 0.148. The quantitative estimate of drug-likeness (QED) is 0.562. The molecule has 5 nitrogen and oxygen atoms in total. The van der Waals surface area contributed by atoms with Crippen LogP contribution < -0.4 is 10.5 Å². The third-order valence-electron chi connectivity index (χ3n) is 5.18. The molecule has 28 heavy (non-hydrogen) atoms. The lowest BCUT2D eigenvalue weighted by atomic mass is 10.1. The van der Waals surface area contributed by atoms with Crippen LogP contribution in [0.2, 0.25) is 0 Å². The van der Waals surface area contributed by atoms with E-state index < -0.39 is 0 Å². The average molecular weight is 439 g/mol. The van der Waals surface area contributed by atoms with Crippen molar-refractivity contribution in [2.24, 2.45) is 5.10 Å². The number of rotatable bonds is 4. The summed E-state index contributed by atoms with van der Waals surface area (Å²) in [7, 11) is 0. The van der Waals surface area contributed by atoms with Crippen molar-refractivity contribution in [3.63, 3.8) is 0 Å². The second kappa shape index (κ2) is 7.87. The predicted octanol–water partition coefficient (Wildman–Crippen LogP) is 4.51. The summed E-state index contributed by atoms with van der Waals surface area (Å²) in [6, 6.07) is 11.9. The highest BCUT2D eigenvalue weighted by Gasteiger charge is 2.14. The summed E-state index contributed by atoms with van der Waals surface area (Å²) in [5, 5.41) is 5.04. The van der Waals surface area contributed by atoms with Gasteiger partial charge in [-0.25, -0.2) is 4.98 Å². The number of benzene rings is 2. The predicted molar refractivity (Wildman–Crippen MR) is 119 cm³/mol. The van der Waals surface area contributed by atoms with Gasteiger partial charge in [0.1, 0.15) is 5.82 Å². The van der Waals surface area contributed by atoms with E-state index in [1.54, 1.807) is 12.3 Å². The van der Waals surface area contributed by atoms with E-state index in [-0.39, 0.29) is 5.56 Å². The van der Waals surface area contributed by atoms with Crippen molar-refractivity contribution in [1.29, 1.82) is 0 Å². The molecule has 0 aliphatic carbocycles. The molecule has 2 heterocycles. The van der Waals surface area contributed by atoms with Crippen molar-refractivity contribution in [2.75, 3.05) is 18.0 Å². The van der Waals surface area contributed by atoms with Gasteiger partial charge in [-0.3, -0.25) is 4.79 Å². The molecule has 2 aromatic carbocycles. The number of fused-ring (bicyclic) bond motifs is 1. The van der Waals surface area contributed by atoms with E-state index in [0.29, 0.717) is 23.1 Å². The molecule has 0 radical (unpaired) electrons. The van der Waals surface area contributed by atoms with Crippen LogP contribution in [0.1, 0.15) is 36.7 Å². The molecule has 0 saturated carbocycles. The number of hydrogen-bond acceptors (Lipinski definition) is 4. The van der Waals surface area contributed by atoms with Crippen molar-refractivity contribution in [3.05, 3.63) is 68.2 Å². The Kier molecular flexibility index (Phi) is 5.31. The van der Waals surface area contributed by atoms with E-state index in [4.69, 9.17) is 0 Å². The van der Waals surface area contributed by atoms with Crippen LogP contribution in [0.3, 0.4) is 0 Å². The van der Waals surface area contributed by atoms with Gasteiger partial charge in [-0.05, 0) is 61.2 Å². The highest BCUT2D eigenvalue weighted by molar-refractivity contribution is 9.10. The minimum atomic E-state index is -0.148. The zero-order chi connectivity index (χ0) is 19.7. The number of hydrogen-bond donors (Lipinski definition) is 0. The first-order valence-corrected chi connectivity index (χ1v) is 10.5. The van der Waals surface area contributed by atoms with Gasteiger partial charge in [0, 0.05) is 29.7 Å². The van der Waals surface area contributed by atoms with Crippen LogP contribution in [0.4, 0.5) is 5.69 Å². The second-order valence-electron chi connectivity index (χ2n) is 7.14. The molecule has 1 fully saturated rings. The highest BCUT2D eigenvalue weighted by atomic mass is 79.9. The Hall–Kier alpha value is -2.47. The van der Waals surface area contributed by atoms with Crippen LogP contribution in [-0.4, -0.2) is 29.0 Å². The summed E-state index contributed by atoms with van der Waals surface area (Å²) < 4.78 is 2.27. The SMILES string of the molecule is CCc1nc2ccc(Br)cc2c(=O)n1N=Cc1ccc(N2CCCC2)c(C)c1. The monoisotopic (exact) mass is 438 g/mol. The molecule has 1 aromatic heterocycles. The smallest absolute Gasteiger partial charge is 0.282 e. The maximum absolute atomic E-state index is 13.0. The normalized spacial score (nSPS) is 14.5. The first kappa shape index (κ1) is 18.9. The Morgan fingerprint density at radius 1 is 1.18 bits per heavy atom. The lowest BCUT2D eigenvalue weighted by Gasteiger charge is -2.20. The fraction of sp³-hybridized carbons (Fsp3) is 0.318. The molecule has 3 aromatic rings. The summed E-state index contributed by atoms with van der Waals surface area (Å²) in [6.07, 6.45) is 4.89. The maximum Gasteiger partial charge on any atom is 0.282 e. The van der Waals surface area contributed by atoms with E-state index in [9.17, 15) is 4.79 Å². The van der Waals surface area contributed by atoms with E-state index in [1.165, 1.54) is 28.8 Å². The topological polar surface area (TPSA) is 50.5 Å². The van der Waals surface area contributed by atoms with E-state index in [0.717, 1.165) is 23.1 Å². The first-order chi connectivity index (χ1) is 13.6. The Labute approximate surface area is 172 Å². The molecule has 0 unspecified atom stereocenters. The lowest BCUT2D eigenvalue weighted by molar-refractivity contribution is 0.734. The summed E-state index contributed by atoms with van der Waals surface area (Å²) in [5.41, 5.74) is 4.05. The number of aromatic nitrogens is 2. The van der Waals surface area contributed by atoms with E-state index >= 15 is 0 Å². The Morgan fingerprint density at radius 3 is 2.68 bits per heavy atom. The van der Waals surface area contributed by atoms with Gasteiger partial charge in [-0.1, -0.05) is 28.9 Å². The van der Waals surface area contributed by atoms with E-state index in [1.807, 2.05) is 19.1 Å². The Balaban J connectivity index is 1.71. The van der Waals surface area contributed by atoms with Crippen LogP contribution in [0.5, 0.6) is 0 Å². The lowest BCUT2D eigenvalue weighted by Crippen LogP contribution is -2.22. The molecule has 6 heteroatoms. The molecule has 0 N–H and O–H groups in total. The Bertz CT molecular complexity index is 1110. The zero-order valence-electron chi connectivity index (χ0n) is 16.2. The fourth-order valence-electron chi connectivity index (χ4n) is 3.74. The molecule has 0 bridgehead atoms. The van der Waals surface area contributed by atoms with Gasteiger partial charge >= 0.3 is 0 Å². The second-order valence-corrected chi connectivity index (χ2v) is 8.06. The molecular formula is C22H23BrN4O. The minimum Gasteiger partial charge on any atom is -0.371 e. The molecular weight excluding hydrogens is 416 g/mol. The van der Waals surface area contributed by atoms with Gasteiger partial charge < -0.3 is 4.90 Å². The van der Waals surface area contributed by atoms with Gasteiger partial charge in [0.25, 0.3) is 5.56 Å². The van der Waals surface area contributed by atoms with Gasteiger partial charge in [0.05, 0.1) is 17.1 Å². The summed E-state index contributed by atoms with van der Waals surface area (Å²) in [5.74, 6) is 0.654. The molecule has 1 saturated heterocycles. The largest absolute Gasteiger partial charge is 0.371 e. The highest BCUT2D eigenvalue weighted by Crippen LogP contribution is 2.24. The van der Waals surface area contributed by atoms with Crippen LogP contribution in [-0.2, 0) is 6.42 Å². The van der Waals surface area contributed by atoms with Crippen LogP contribution in [0.25, 0.3) is 10.9 Å². The third-order valence-corrected chi connectivity index (χ3v) is 5.67. The van der Waals surface area contributed by atoms with Crippen LogP contribution >= 0.6 is 15.9 Å². The summed E-state index contributed by atoms with van der Waals surface area (Å²) in [6.45, 7) is 6.36. The maximum atomic E-state index is 13.0. The number of anilines is 1. The number of halogens is 1. The number of aryl methyl sites for hydroxylation is 2. The Morgan fingerprint density at radius 2 is 1.96 bits per heavy atom. The fourth-order valence-corrected chi connectivity index (χ4v) is 4.10. The van der Waals surface area contributed by atoms with Crippen LogP contribution in [0, 0.1) is 6.92 Å². The van der Waals surface area contributed by atoms with Crippen molar-refractivity contribution < 1.29 is 0 Å². The average Bonchev–Trinajstić information content (AvgIpc) is 3.22. The molecule has 0 amide bonds. The molecule has 0 spiro atoms. The first-order valence-electron chi connectivity index (χ1n) is 9.68. The molecule has 0 atom stereocenters. The van der Waals surface area contributed by atoms with Gasteiger partial charge in [0.15, 0.2) is 0 Å². The zero-order valence-corrected chi connectivity index (χ0v) is 17.7. The third kappa shape index (κ3) is 3.61. The van der Waals surface area contributed by atoms with Gasteiger partial charge in [-0.15, -0.1) is 0 Å². The molecule has 144 valence electrons. The van der Waals surface area contributed by atoms with E-state index in [2.05, 4.69) is 56.0 Å². The van der Waals surface area contributed by atoms with Crippen molar-refractivity contribution in [3.8, 4) is 0 Å². The van der Waals surface area contributed by atoms with Crippen molar-refractivity contribution >= 4 is 38.7 Å². The van der Waals surface area contributed by atoms with Gasteiger partial charge in [0.2, 0.25) is 0 Å². The molecule has 4 rings (SSSR count). The van der Waals surface area contributed by atoms with Crippen molar-refractivity contribution in [1.82, 2.24) is 9.66 Å². The molecule has 1 aliphatic heterocycles. The van der Waals surface area contributed by atoms with Crippen molar-refractivity contribution in [2.45, 2.75) is 33.1 Å². The van der Waals surface area contributed by atoms with Gasteiger partial charge in [-0.2, -0.15) is 9.78 Å². The summed E-state index contributed by atoms with van der Waals surface area (Å²) >= 11 is 3.43. The summed E-state index contributed by atoms with van der Waals surface area (Å²) in [4.78, 5) is 20.0. The molecule has 1 aliphatic rings.